The summed E-state index contributed by atoms with van der Waals surface area (Å²) in [4.78, 5) is 4.39. The van der Waals surface area contributed by atoms with Crippen LogP contribution in [0.4, 0.5) is 0 Å². The third-order valence-corrected chi connectivity index (χ3v) is 3.52. The molecule has 0 amide bonds. The summed E-state index contributed by atoms with van der Waals surface area (Å²) in [5.41, 5.74) is 7.54. The second kappa shape index (κ2) is 6.01. The molecule has 3 nitrogen and oxygen atoms in total. The number of hydrogen-bond donors (Lipinski definition) is 1. The van der Waals surface area contributed by atoms with Crippen molar-refractivity contribution >= 4 is 0 Å². The summed E-state index contributed by atoms with van der Waals surface area (Å²) >= 11 is 0. The van der Waals surface area contributed by atoms with Crippen LogP contribution >= 0.6 is 0 Å². The highest BCUT2D eigenvalue weighted by Crippen LogP contribution is 2.27. The van der Waals surface area contributed by atoms with Gasteiger partial charge in [0, 0.05) is 12.2 Å². The number of aryl methyl sites for hydroxylation is 1. The van der Waals surface area contributed by atoms with Gasteiger partial charge < -0.3 is 10.5 Å². The van der Waals surface area contributed by atoms with E-state index in [1.165, 1.54) is 25.7 Å². The zero-order valence-corrected chi connectivity index (χ0v) is 10.6. The first-order valence-corrected chi connectivity index (χ1v) is 6.59. The van der Waals surface area contributed by atoms with E-state index in [4.69, 9.17) is 10.5 Å². The first-order chi connectivity index (χ1) is 8.29. The second-order valence-electron chi connectivity index (χ2n) is 4.89. The Morgan fingerprint density at radius 3 is 2.82 bits per heavy atom. The fourth-order valence-electron chi connectivity index (χ4n) is 2.51. The van der Waals surface area contributed by atoms with Crippen molar-refractivity contribution in [2.75, 3.05) is 6.61 Å². The zero-order valence-electron chi connectivity index (χ0n) is 10.6. The Balaban J connectivity index is 1.85. The quantitative estimate of drug-likeness (QED) is 0.852. The molecule has 0 saturated heterocycles. The minimum atomic E-state index is 0.445. The van der Waals surface area contributed by atoms with Crippen molar-refractivity contribution < 1.29 is 4.74 Å². The maximum atomic E-state index is 5.80. The van der Waals surface area contributed by atoms with Gasteiger partial charge in [0.25, 0.3) is 0 Å². The first kappa shape index (κ1) is 12.4. The van der Waals surface area contributed by atoms with Crippen molar-refractivity contribution in [2.45, 2.75) is 45.6 Å². The lowest BCUT2D eigenvalue weighted by molar-refractivity contribution is 0.275. The molecule has 0 radical (unpaired) electrons. The van der Waals surface area contributed by atoms with Crippen LogP contribution in [0, 0.1) is 12.8 Å². The van der Waals surface area contributed by atoms with E-state index in [-0.39, 0.29) is 0 Å². The Morgan fingerprint density at radius 2 is 2.12 bits per heavy atom. The van der Waals surface area contributed by atoms with Crippen molar-refractivity contribution in [1.82, 2.24) is 4.98 Å². The lowest BCUT2D eigenvalue weighted by Gasteiger charge is -2.12. The maximum absolute atomic E-state index is 5.80. The van der Waals surface area contributed by atoms with Gasteiger partial charge in [-0.05, 0) is 31.4 Å². The van der Waals surface area contributed by atoms with Gasteiger partial charge in [-0.1, -0.05) is 25.7 Å². The number of ether oxygens (including phenoxy) is 1. The molecule has 0 aromatic carbocycles. The van der Waals surface area contributed by atoms with Crippen LogP contribution in [-0.2, 0) is 6.54 Å². The van der Waals surface area contributed by atoms with Crippen molar-refractivity contribution in [3.05, 3.63) is 23.5 Å². The zero-order chi connectivity index (χ0) is 12.1. The summed E-state index contributed by atoms with van der Waals surface area (Å²) in [6.45, 7) is 3.21. The van der Waals surface area contributed by atoms with E-state index >= 15 is 0 Å². The summed E-state index contributed by atoms with van der Waals surface area (Å²) in [6.07, 6.45) is 6.70. The van der Waals surface area contributed by atoms with Gasteiger partial charge in [-0.2, -0.15) is 0 Å². The molecule has 1 aromatic rings. The Bertz CT molecular complexity index is 359. The third-order valence-electron chi connectivity index (χ3n) is 3.52. The van der Waals surface area contributed by atoms with Crippen LogP contribution in [0.1, 0.15) is 43.5 Å². The lowest BCUT2D eigenvalue weighted by Crippen LogP contribution is -2.08. The Morgan fingerprint density at radius 1 is 1.35 bits per heavy atom. The predicted molar refractivity (Wildman–Crippen MR) is 68.9 cm³/mol. The van der Waals surface area contributed by atoms with Crippen LogP contribution < -0.4 is 10.5 Å². The molecule has 0 aliphatic heterocycles. The summed E-state index contributed by atoms with van der Waals surface area (Å²) < 4.78 is 5.80. The molecule has 2 N–H and O–H groups in total. The largest absolute Gasteiger partial charge is 0.492 e. The molecule has 94 valence electrons. The van der Waals surface area contributed by atoms with Crippen LogP contribution in [-0.4, -0.2) is 11.6 Å². The molecule has 0 bridgehead atoms. The Hall–Kier alpha value is -1.09. The number of nitrogens with zero attached hydrogens (tertiary/aromatic N) is 1. The Kier molecular flexibility index (Phi) is 4.37. The van der Waals surface area contributed by atoms with Gasteiger partial charge >= 0.3 is 0 Å². The molecule has 1 aliphatic rings. The van der Waals surface area contributed by atoms with Crippen LogP contribution in [0.15, 0.2) is 12.1 Å². The molecule has 1 aliphatic carbocycles. The molecule has 0 atom stereocenters. The van der Waals surface area contributed by atoms with E-state index in [0.29, 0.717) is 6.54 Å². The number of aromatic nitrogens is 1. The van der Waals surface area contributed by atoms with Gasteiger partial charge in [0.2, 0.25) is 0 Å². The van der Waals surface area contributed by atoms with Gasteiger partial charge in [-0.3, -0.25) is 4.98 Å². The van der Waals surface area contributed by atoms with Gasteiger partial charge in [-0.15, -0.1) is 0 Å². The first-order valence-electron chi connectivity index (χ1n) is 6.59. The molecule has 17 heavy (non-hydrogen) atoms. The molecule has 0 unspecified atom stereocenters. The molecule has 0 spiro atoms. The molecule has 1 heterocycles. The SMILES string of the molecule is Cc1ccc(OCCC2CCCC2)c(CN)n1. The van der Waals surface area contributed by atoms with Gasteiger partial charge in [0.05, 0.1) is 12.3 Å². The van der Waals surface area contributed by atoms with E-state index in [1.54, 1.807) is 0 Å². The van der Waals surface area contributed by atoms with Crippen molar-refractivity contribution in [3.63, 3.8) is 0 Å². The highest BCUT2D eigenvalue weighted by Gasteiger charge is 2.15. The van der Waals surface area contributed by atoms with Crippen molar-refractivity contribution in [3.8, 4) is 5.75 Å². The topological polar surface area (TPSA) is 48.1 Å². The fourth-order valence-corrected chi connectivity index (χ4v) is 2.51. The van der Waals surface area contributed by atoms with Crippen LogP contribution in [0.2, 0.25) is 0 Å². The van der Waals surface area contributed by atoms with Gasteiger partial charge in [0.1, 0.15) is 5.75 Å². The monoisotopic (exact) mass is 234 g/mol. The number of rotatable bonds is 5. The average Bonchev–Trinajstić information content (AvgIpc) is 2.84. The average molecular weight is 234 g/mol. The molecule has 2 rings (SSSR count). The maximum Gasteiger partial charge on any atom is 0.142 e. The summed E-state index contributed by atoms with van der Waals surface area (Å²) in [6, 6.07) is 3.96. The van der Waals surface area contributed by atoms with Crippen molar-refractivity contribution in [1.29, 1.82) is 0 Å². The van der Waals surface area contributed by atoms with Gasteiger partial charge in [0.15, 0.2) is 0 Å². The fraction of sp³-hybridized carbons (Fsp3) is 0.643. The highest BCUT2D eigenvalue weighted by molar-refractivity contribution is 5.29. The Labute approximate surface area is 103 Å². The van der Waals surface area contributed by atoms with Crippen LogP contribution in [0.25, 0.3) is 0 Å². The number of hydrogen-bond acceptors (Lipinski definition) is 3. The molecule has 3 heteroatoms. The summed E-state index contributed by atoms with van der Waals surface area (Å²) in [5.74, 6) is 1.73. The van der Waals surface area contributed by atoms with E-state index < -0.39 is 0 Å². The minimum absolute atomic E-state index is 0.445. The smallest absolute Gasteiger partial charge is 0.142 e. The third kappa shape index (κ3) is 3.43. The second-order valence-corrected chi connectivity index (χ2v) is 4.89. The van der Waals surface area contributed by atoms with E-state index in [9.17, 15) is 0 Å². The molecular formula is C14H22N2O. The van der Waals surface area contributed by atoms with Gasteiger partial charge in [-0.25, -0.2) is 0 Å². The van der Waals surface area contributed by atoms with E-state index in [2.05, 4.69) is 4.98 Å². The highest BCUT2D eigenvalue weighted by atomic mass is 16.5. The predicted octanol–water partition coefficient (Wildman–Crippen LogP) is 2.81. The van der Waals surface area contributed by atoms with Crippen LogP contribution in [0.5, 0.6) is 5.75 Å². The van der Waals surface area contributed by atoms with Crippen LogP contribution in [0.3, 0.4) is 0 Å². The van der Waals surface area contributed by atoms with E-state index in [0.717, 1.165) is 36.1 Å². The summed E-state index contributed by atoms with van der Waals surface area (Å²) in [7, 11) is 0. The van der Waals surface area contributed by atoms with Crippen molar-refractivity contribution in [2.24, 2.45) is 11.7 Å². The molecular weight excluding hydrogens is 212 g/mol. The lowest BCUT2D eigenvalue weighted by atomic mass is 10.1. The molecule has 1 aromatic heterocycles. The summed E-state index contributed by atoms with van der Waals surface area (Å²) in [5, 5.41) is 0. The number of pyridine rings is 1. The normalized spacial score (nSPS) is 16.4. The number of nitrogens with two attached hydrogens (primary N) is 1. The molecule has 1 fully saturated rings. The molecule has 1 saturated carbocycles. The minimum Gasteiger partial charge on any atom is -0.492 e. The standard InChI is InChI=1S/C14H22N2O/c1-11-6-7-14(13(10-15)16-11)17-9-8-12-4-2-3-5-12/h6-7,12H,2-5,8-10,15H2,1H3. The van der Waals surface area contributed by atoms with E-state index in [1.807, 2.05) is 19.1 Å².